The molecule has 0 amide bonds. The second-order valence-electron chi connectivity index (χ2n) is 9.92. The number of carbonyl (C=O) groups is 5. The molecule has 9 heteroatoms. The molecule has 0 heterocycles. The van der Waals surface area contributed by atoms with Crippen LogP contribution in [0.4, 0.5) is 0 Å². The summed E-state index contributed by atoms with van der Waals surface area (Å²) in [7, 11) is 0. The van der Waals surface area contributed by atoms with E-state index in [0.29, 0.717) is 24.0 Å². The number of ketones is 2. The zero-order valence-corrected chi connectivity index (χ0v) is 22.0. The van der Waals surface area contributed by atoms with Crippen molar-refractivity contribution in [3.63, 3.8) is 0 Å². The van der Waals surface area contributed by atoms with Gasteiger partial charge in [-0.25, -0.2) is 0 Å². The summed E-state index contributed by atoms with van der Waals surface area (Å²) in [5.41, 5.74) is 0.0591. The molecule has 0 bridgehead atoms. The number of carbonyl (C=O) groups excluding carboxylic acids is 5. The summed E-state index contributed by atoms with van der Waals surface area (Å²) >= 11 is 0. The molecule has 1 N–H and O–H groups in total. The van der Waals surface area contributed by atoms with Crippen molar-refractivity contribution < 1.29 is 43.3 Å². The molecule has 0 saturated heterocycles. The molecule has 200 valence electrons. The van der Waals surface area contributed by atoms with Gasteiger partial charge in [0.05, 0.1) is 0 Å². The van der Waals surface area contributed by atoms with Crippen LogP contribution in [0.25, 0.3) is 0 Å². The third-order valence-electron chi connectivity index (χ3n) is 7.55. The topological polar surface area (TPSA) is 133 Å². The van der Waals surface area contributed by atoms with Gasteiger partial charge in [0.2, 0.25) is 5.78 Å². The summed E-state index contributed by atoms with van der Waals surface area (Å²) in [5.74, 6) is -2.71. The Labute approximate surface area is 216 Å². The van der Waals surface area contributed by atoms with Gasteiger partial charge in [-0.3, -0.25) is 24.0 Å². The monoisotopic (exact) mass is 514 g/mol. The molecule has 2 aliphatic carbocycles. The van der Waals surface area contributed by atoms with E-state index in [2.05, 4.69) is 0 Å². The molecule has 0 aromatic heterocycles. The van der Waals surface area contributed by atoms with Crippen molar-refractivity contribution in [1.29, 1.82) is 0 Å². The lowest BCUT2D eigenvalue weighted by molar-refractivity contribution is -0.184. The first kappa shape index (κ1) is 28.1. The van der Waals surface area contributed by atoms with Gasteiger partial charge in [-0.2, -0.15) is 0 Å². The fraction of sp³-hybridized carbons (Fsp3) is 0.536. The van der Waals surface area contributed by atoms with Crippen LogP contribution >= 0.6 is 0 Å². The number of aromatic hydroxyl groups is 1. The number of rotatable bonds is 9. The summed E-state index contributed by atoms with van der Waals surface area (Å²) in [6.45, 7) is 7.05. The minimum absolute atomic E-state index is 0.0215. The molecule has 1 fully saturated rings. The third kappa shape index (κ3) is 5.45. The number of ether oxygens (including phenoxy) is 3. The molecule has 37 heavy (non-hydrogen) atoms. The van der Waals surface area contributed by atoms with E-state index in [1.165, 1.54) is 13.8 Å². The van der Waals surface area contributed by atoms with Crippen LogP contribution in [0.15, 0.2) is 29.3 Å². The smallest absolute Gasteiger partial charge is 0.306 e. The normalized spacial score (nSPS) is 24.9. The van der Waals surface area contributed by atoms with Crippen LogP contribution < -0.4 is 0 Å². The summed E-state index contributed by atoms with van der Waals surface area (Å²) in [5, 5.41) is 9.93. The Kier molecular flexibility index (Phi) is 8.25. The fourth-order valence-electron chi connectivity index (χ4n) is 5.65. The Hall–Kier alpha value is -3.49. The maximum Gasteiger partial charge on any atom is 0.306 e. The van der Waals surface area contributed by atoms with Crippen molar-refractivity contribution in [3.05, 3.63) is 40.5 Å². The van der Waals surface area contributed by atoms with Crippen molar-refractivity contribution in [3.8, 4) is 5.75 Å². The van der Waals surface area contributed by atoms with Crippen LogP contribution in [-0.4, -0.2) is 52.9 Å². The number of aryl methyl sites for hydroxylation is 2. The summed E-state index contributed by atoms with van der Waals surface area (Å²) in [4.78, 5) is 63.0. The Bertz CT molecular complexity index is 1160. The van der Waals surface area contributed by atoms with E-state index in [1.54, 1.807) is 32.0 Å². The fourth-order valence-corrected chi connectivity index (χ4v) is 5.65. The molecule has 1 aromatic carbocycles. The van der Waals surface area contributed by atoms with Crippen LogP contribution in [0, 0.1) is 12.3 Å². The molecule has 3 atom stereocenters. The zero-order chi connectivity index (χ0) is 27.5. The van der Waals surface area contributed by atoms with Crippen LogP contribution in [0.1, 0.15) is 70.9 Å². The van der Waals surface area contributed by atoms with E-state index in [1.807, 2.05) is 6.92 Å². The maximum absolute atomic E-state index is 13.6. The lowest BCUT2D eigenvalue weighted by atomic mass is 9.63. The minimum Gasteiger partial charge on any atom is -0.508 e. The lowest BCUT2D eigenvalue weighted by Gasteiger charge is -2.46. The van der Waals surface area contributed by atoms with Crippen molar-refractivity contribution in [2.75, 3.05) is 6.61 Å². The summed E-state index contributed by atoms with van der Waals surface area (Å²) in [6.07, 6.45) is -0.0541. The summed E-state index contributed by atoms with van der Waals surface area (Å²) < 4.78 is 16.2. The SMILES string of the molecule is CCC(=O)O[C@]1(C(=O)COC(C)=O)CCC2=C(CCc3cc(O)ccc3C)C(=O)[C@@H](OC(C)=O)C[C@@]21C. The standard InChI is InChI=1S/C28H34O9/c1-6-25(33)37-28(24(32)15-35-17(3)29)12-11-22-21(10-8-19-13-20(31)9-7-16(19)2)26(34)23(36-18(4)30)14-27(22,28)5/h7,9,13,23,31H,6,8,10-12,14-15H2,1-5H3/t23-,27-,28-/m0/s1. The first-order chi connectivity index (χ1) is 17.3. The van der Waals surface area contributed by atoms with Gasteiger partial charge in [-0.1, -0.05) is 25.5 Å². The molecular formula is C28H34O9. The molecule has 1 aromatic rings. The third-order valence-corrected chi connectivity index (χ3v) is 7.55. The van der Waals surface area contributed by atoms with Gasteiger partial charge in [0.15, 0.2) is 24.1 Å². The number of benzene rings is 1. The van der Waals surface area contributed by atoms with Crippen LogP contribution in [0.3, 0.4) is 0 Å². The highest BCUT2D eigenvalue weighted by Crippen LogP contribution is 2.59. The van der Waals surface area contributed by atoms with Crippen LogP contribution in [0.2, 0.25) is 0 Å². The van der Waals surface area contributed by atoms with Gasteiger partial charge in [0, 0.05) is 32.1 Å². The second-order valence-corrected chi connectivity index (χ2v) is 9.92. The number of hydrogen-bond donors (Lipinski definition) is 1. The highest BCUT2D eigenvalue weighted by atomic mass is 16.6. The summed E-state index contributed by atoms with van der Waals surface area (Å²) in [6, 6.07) is 5.01. The van der Waals surface area contributed by atoms with Crippen molar-refractivity contribution in [1.82, 2.24) is 0 Å². The molecular weight excluding hydrogens is 480 g/mol. The van der Waals surface area contributed by atoms with Gasteiger partial charge in [0.25, 0.3) is 0 Å². The molecule has 0 spiro atoms. The first-order valence-electron chi connectivity index (χ1n) is 12.5. The highest BCUT2D eigenvalue weighted by Gasteiger charge is 2.65. The molecule has 0 unspecified atom stereocenters. The predicted molar refractivity (Wildman–Crippen MR) is 131 cm³/mol. The van der Waals surface area contributed by atoms with Crippen LogP contribution in [-0.2, 0) is 44.6 Å². The molecule has 3 rings (SSSR count). The molecule has 2 aliphatic rings. The quantitative estimate of drug-likeness (QED) is 0.388. The Morgan fingerprint density at radius 1 is 1.11 bits per heavy atom. The van der Waals surface area contributed by atoms with Gasteiger partial charge < -0.3 is 19.3 Å². The number of fused-ring (bicyclic) bond motifs is 1. The molecule has 9 nitrogen and oxygen atoms in total. The average molecular weight is 515 g/mol. The van der Waals surface area contributed by atoms with Gasteiger partial charge in [-0.05, 0) is 61.4 Å². The van der Waals surface area contributed by atoms with Crippen molar-refractivity contribution in [2.24, 2.45) is 5.41 Å². The van der Waals surface area contributed by atoms with Gasteiger partial charge in [0.1, 0.15) is 5.75 Å². The molecule has 1 saturated carbocycles. The number of phenols is 1. The highest BCUT2D eigenvalue weighted by molar-refractivity contribution is 6.03. The van der Waals surface area contributed by atoms with E-state index in [0.717, 1.165) is 11.1 Å². The van der Waals surface area contributed by atoms with E-state index < -0.39 is 47.4 Å². The number of esters is 3. The Morgan fingerprint density at radius 2 is 1.81 bits per heavy atom. The van der Waals surface area contributed by atoms with Gasteiger partial charge >= 0.3 is 17.9 Å². The van der Waals surface area contributed by atoms with Gasteiger partial charge in [-0.15, -0.1) is 0 Å². The molecule has 0 radical (unpaired) electrons. The van der Waals surface area contributed by atoms with Crippen molar-refractivity contribution in [2.45, 2.75) is 84.8 Å². The number of hydrogen-bond acceptors (Lipinski definition) is 9. The largest absolute Gasteiger partial charge is 0.508 e. The predicted octanol–water partition coefficient (Wildman–Crippen LogP) is 3.46. The second kappa shape index (κ2) is 10.9. The van der Waals surface area contributed by atoms with E-state index >= 15 is 0 Å². The van der Waals surface area contributed by atoms with E-state index in [9.17, 15) is 29.1 Å². The van der Waals surface area contributed by atoms with E-state index in [4.69, 9.17) is 14.2 Å². The zero-order valence-electron chi connectivity index (χ0n) is 22.0. The maximum atomic E-state index is 13.6. The number of phenolic OH excluding ortho intramolecular Hbond substituents is 1. The van der Waals surface area contributed by atoms with E-state index in [-0.39, 0.29) is 37.2 Å². The average Bonchev–Trinajstić information content (AvgIpc) is 3.11. The number of Topliss-reactive ketones (excluding diaryl/α,β-unsaturated/α-hetero) is 2. The minimum atomic E-state index is -1.68. The first-order valence-corrected chi connectivity index (χ1v) is 12.5. The van der Waals surface area contributed by atoms with Crippen molar-refractivity contribution >= 4 is 29.5 Å². The lowest BCUT2D eigenvalue weighted by Crippen LogP contribution is -2.57. The Morgan fingerprint density at radius 3 is 2.43 bits per heavy atom. The van der Waals surface area contributed by atoms with Crippen LogP contribution in [0.5, 0.6) is 5.75 Å². The molecule has 0 aliphatic heterocycles. The Balaban J connectivity index is 2.11.